The fourth-order valence-corrected chi connectivity index (χ4v) is 2.88. The van der Waals surface area contributed by atoms with Crippen LogP contribution in [0, 0.1) is 0 Å². The third kappa shape index (κ3) is 5.40. The molecule has 0 spiro atoms. The van der Waals surface area contributed by atoms with E-state index in [1.165, 1.54) is 0 Å². The number of Topliss-reactive ketones (excluding diaryl/α,β-unsaturated/α-hetero) is 1. The summed E-state index contributed by atoms with van der Waals surface area (Å²) in [5, 5.41) is 0. The van der Waals surface area contributed by atoms with Gasteiger partial charge in [0.2, 0.25) is 5.91 Å². The largest absolute Gasteiger partial charge is 0.341 e. The van der Waals surface area contributed by atoms with Crippen LogP contribution in [0.15, 0.2) is 0 Å². The lowest BCUT2D eigenvalue weighted by molar-refractivity contribution is -0.132. The molecule has 0 bridgehead atoms. The Morgan fingerprint density at radius 2 is 1.89 bits per heavy atom. The Balaban J connectivity index is 2.11. The van der Waals surface area contributed by atoms with E-state index in [0.29, 0.717) is 31.7 Å². The zero-order valence-electron chi connectivity index (χ0n) is 11.5. The number of amides is 1. The van der Waals surface area contributed by atoms with Gasteiger partial charge in [-0.05, 0) is 13.1 Å². The Hall–Kier alpha value is -0.550. The first kappa shape index (κ1) is 15.5. The molecule has 1 aliphatic heterocycles. The number of thioether (sulfide) groups is 1. The SMILES string of the molecule is CCN(CC)CCSCC(=O)N1CCC(=O)CC1. The molecule has 18 heavy (non-hydrogen) atoms. The number of carbonyl (C=O) groups excluding carboxylic acids is 2. The molecular weight excluding hydrogens is 248 g/mol. The van der Waals surface area contributed by atoms with Crippen LogP contribution in [0.3, 0.4) is 0 Å². The molecular formula is C13H24N2O2S. The molecule has 0 atom stereocenters. The van der Waals surface area contributed by atoms with Crippen molar-refractivity contribution in [3.05, 3.63) is 0 Å². The maximum atomic E-state index is 11.9. The topological polar surface area (TPSA) is 40.6 Å². The minimum Gasteiger partial charge on any atom is -0.341 e. The summed E-state index contributed by atoms with van der Waals surface area (Å²) in [5.74, 6) is 2.02. The van der Waals surface area contributed by atoms with E-state index in [9.17, 15) is 9.59 Å². The molecule has 0 saturated carbocycles. The molecule has 1 amide bonds. The van der Waals surface area contributed by atoms with Gasteiger partial charge in [0.15, 0.2) is 0 Å². The molecule has 1 aliphatic rings. The zero-order valence-corrected chi connectivity index (χ0v) is 12.3. The van der Waals surface area contributed by atoms with E-state index in [0.717, 1.165) is 25.4 Å². The van der Waals surface area contributed by atoms with E-state index >= 15 is 0 Å². The summed E-state index contributed by atoms with van der Waals surface area (Å²) in [5.41, 5.74) is 0. The summed E-state index contributed by atoms with van der Waals surface area (Å²) >= 11 is 1.70. The number of ketones is 1. The van der Waals surface area contributed by atoms with E-state index < -0.39 is 0 Å². The molecule has 0 unspecified atom stereocenters. The predicted molar refractivity (Wildman–Crippen MR) is 75.9 cm³/mol. The highest BCUT2D eigenvalue weighted by molar-refractivity contribution is 7.99. The molecule has 0 N–H and O–H groups in total. The predicted octanol–water partition coefficient (Wildman–Crippen LogP) is 1.25. The van der Waals surface area contributed by atoms with Gasteiger partial charge in [0, 0.05) is 38.2 Å². The third-order valence-electron chi connectivity index (χ3n) is 3.35. The van der Waals surface area contributed by atoms with Crippen molar-refractivity contribution >= 4 is 23.5 Å². The van der Waals surface area contributed by atoms with Gasteiger partial charge in [-0.25, -0.2) is 0 Å². The van der Waals surface area contributed by atoms with Crippen molar-refractivity contribution < 1.29 is 9.59 Å². The van der Waals surface area contributed by atoms with E-state index in [1.54, 1.807) is 11.8 Å². The van der Waals surface area contributed by atoms with Crippen LogP contribution in [0.25, 0.3) is 0 Å². The smallest absolute Gasteiger partial charge is 0.232 e. The molecule has 5 heteroatoms. The van der Waals surface area contributed by atoms with Crippen LogP contribution in [0.5, 0.6) is 0 Å². The van der Waals surface area contributed by atoms with Crippen molar-refractivity contribution in [1.29, 1.82) is 0 Å². The van der Waals surface area contributed by atoms with Gasteiger partial charge in [0.1, 0.15) is 5.78 Å². The third-order valence-corrected chi connectivity index (χ3v) is 4.27. The highest BCUT2D eigenvalue weighted by Crippen LogP contribution is 2.09. The fraction of sp³-hybridized carbons (Fsp3) is 0.846. The van der Waals surface area contributed by atoms with Gasteiger partial charge >= 0.3 is 0 Å². The molecule has 4 nitrogen and oxygen atoms in total. The van der Waals surface area contributed by atoms with Crippen LogP contribution in [0.4, 0.5) is 0 Å². The van der Waals surface area contributed by atoms with Crippen LogP contribution in [0.2, 0.25) is 0 Å². The first-order valence-electron chi connectivity index (χ1n) is 6.77. The molecule has 0 aromatic heterocycles. The van der Waals surface area contributed by atoms with Gasteiger partial charge in [-0.3, -0.25) is 9.59 Å². The number of hydrogen-bond acceptors (Lipinski definition) is 4. The first-order chi connectivity index (χ1) is 8.67. The van der Waals surface area contributed by atoms with Gasteiger partial charge in [-0.15, -0.1) is 0 Å². The normalized spacial score (nSPS) is 16.4. The minimum absolute atomic E-state index is 0.187. The Morgan fingerprint density at radius 1 is 1.28 bits per heavy atom. The molecule has 0 aromatic carbocycles. The van der Waals surface area contributed by atoms with Crippen LogP contribution in [0.1, 0.15) is 26.7 Å². The average molecular weight is 272 g/mol. The van der Waals surface area contributed by atoms with Gasteiger partial charge in [0.05, 0.1) is 5.75 Å². The number of likely N-dealkylation sites (tertiary alicyclic amines) is 1. The van der Waals surface area contributed by atoms with E-state index in [4.69, 9.17) is 0 Å². The maximum absolute atomic E-state index is 11.9. The quantitative estimate of drug-likeness (QED) is 0.654. The Morgan fingerprint density at radius 3 is 2.44 bits per heavy atom. The molecule has 104 valence electrons. The Labute approximate surface area is 114 Å². The van der Waals surface area contributed by atoms with Crippen molar-refractivity contribution in [3.8, 4) is 0 Å². The van der Waals surface area contributed by atoms with Crippen molar-refractivity contribution in [3.63, 3.8) is 0 Å². The van der Waals surface area contributed by atoms with Gasteiger partial charge in [-0.1, -0.05) is 13.8 Å². The monoisotopic (exact) mass is 272 g/mol. The summed E-state index contributed by atoms with van der Waals surface area (Å²) in [6.07, 6.45) is 1.08. The number of nitrogens with zero attached hydrogens (tertiary/aromatic N) is 2. The molecule has 1 fully saturated rings. The second-order valence-corrected chi connectivity index (χ2v) is 5.60. The summed E-state index contributed by atoms with van der Waals surface area (Å²) in [6, 6.07) is 0. The molecule has 1 heterocycles. The van der Waals surface area contributed by atoms with Gasteiger partial charge in [-0.2, -0.15) is 11.8 Å². The van der Waals surface area contributed by atoms with Crippen LogP contribution in [-0.4, -0.2) is 65.7 Å². The average Bonchev–Trinajstić information content (AvgIpc) is 2.39. The fourth-order valence-electron chi connectivity index (χ4n) is 1.99. The molecule has 0 aromatic rings. The second-order valence-electron chi connectivity index (χ2n) is 4.50. The van der Waals surface area contributed by atoms with Crippen molar-refractivity contribution in [2.45, 2.75) is 26.7 Å². The van der Waals surface area contributed by atoms with Crippen LogP contribution >= 0.6 is 11.8 Å². The van der Waals surface area contributed by atoms with Crippen molar-refractivity contribution in [2.24, 2.45) is 0 Å². The number of carbonyl (C=O) groups is 2. The number of hydrogen-bond donors (Lipinski definition) is 0. The lowest BCUT2D eigenvalue weighted by atomic mass is 10.1. The molecule has 0 radical (unpaired) electrons. The molecule has 1 saturated heterocycles. The van der Waals surface area contributed by atoms with E-state index in [2.05, 4.69) is 18.7 Å². The summed E-state index contributed by atoms with van der Waals surface area (Å²) in [4.78, 5) is 27.1. The highest BCUT2D eigenvalue weighted by Gasteiger charge is 2.20. The number of rotatable bonds is 7. The Bertz CT molecular complexity index is 270. The molecule has 0 aliphatic carbocycles. The minimum atomic E-state index is 0.187. The summed E-state index contributed by atoms with van der Waals surface area (Å²) in [7, 11) is 0. The number of piperidine rings is 1. The lowest BCUT2D eigenvalue weighted by Gasteiger charge is -2.26. The van der Waals surface area contributed by atoms with Crippen LogP contribution < -0.4 is 0 Å². The van der Waals surface area contributed by atoms with Crippen LogP contribution in [-0.2, 0) is 9.59 Å². The lowest BCUT2D eigenvalue weighted by Crippen LogP contribution is -2.39. The Kier molecular flexibility index (Phi) is 7.35. The highest BCUT2D eigenvalue weighted by atomic mass is 32.2. The standard InChI is InChI=1S/C13H24N2O2S/c1-3-14(4-2)9-10-18-11-13(17)15-7-5-12(16)6-8-15/h3-11H2,1-2H3. The van der Waals surface area contributed by atoms with E-state index in [1.807, 2.05) is 4.90 Å². The van der Waals surface area contributed by atoms with Crippen molar-refractivity contribution in [2.75, 3.05) is 44.2 Å². The van der Waals surface area contributed by atoms with Gasteiger partial charge < -0.3 is 9.80 Å². The van der Waals surface area contributed by atoms with Crippen molar-refractivity contribution in [1.82, 2.24) is 9.80 Å². The summed E-state index contributed by atoms with van der Waals surface area (Å²) in [6.45, 7) is 8.73. The summed E-state index contributed by atoms with van der Waals surface area (Å²) < 4.78 is 0. The first-order valence-corrected chi connectivity index (χ1v) is 7.92. The van der Waals surface area contributed by atoms with E-state index in [-0.39, 0.29) is 11.7 Å². The maximum Gasteiger partial charge on any atom is 0.232 e. The molecule has 1 rings (SSSR count). The zero-order chi connectivity index (χ0) is 13.4. The second kappa shape index (κ2) is 8.53. The van der Waals surface area contributed by atoms with Gasteiger partial charge in [0.25, 0.3) is 0 Å².